The number of nitrogens with zero attached hydrogens (tertiary/aromatic N) is 1. The summed E-state index contributed by atoms with van der Waals surface area (Å²) in [6, 6.07) is 12.3. The minimum atomic E-state index is -0.646. The molecule has 8 heteroatoms. The van der Waals surface area contributed by atoms with Crippen LogP contribution in [0.4, 0.5) is 16.2 Å². The lowest BCUT2D eigenvalue weighted by Gasteiger charge is -2.20. The van der Waals surface area contributed by atoms with Gasteiger partial charge in [0.05, 0.1) is 12.8 Å². The fourth-order valence-electron chi connectivity index (χ4n) is 3.45. The van der Waals surface area contributed by atoms with Gasteiger partial charge in [-0.3, -0.25) is 15.1 Å². The van der Waals surface area contributed by atoms with Crippen molar-refractivity contribution in [3.63, 3.8) is 0 Å². The lowest BCUT2D eigenvalue weighted by molar-refractivity contribution is 0.0635. The SMILES string of the molecule is COc1ccc(NC(=O)c2cc(C)c(OCc3cccnc3)c(C)c2)cc1NC(=O)OC(C)(C)C. The summed E-state index contributed by atoms with van der Waals surface area (Å²) in [5.41, 5.74) is 3.38. The van der Waals surface area contributed by atoms with Crippen molar-refractivity contribution in [2.24, 2.45) is 0 Å². The van der Waals surface area contributed by atoms with Crippen LogP contribution < -0.4 is 20.1 Å². The molecule has 0 saturated carbocycles. The highest BCUT2D eigenvalue weighted by molar-refractivity contribution is 6.05. The van der Waals surface area contributed by atoms with Crippen molar-refractivity contribution in [3.8, 4) is 11.5 Å². The van der Waals surface area contributed by atoms with Crippen molar-refractivity contribution in [2.45, 2.75) is 46.8 Å². The van der Waals surface area contributed by atoms with Gasteiger partial charge in [-0.25, -0.2) is 4.79 Å². The van der Waals surface area contributed by atoms with Gasteiger partial charge in [-0.05, 0) is 82.1 Å². The molecule has 1 heterocycles. The number of anilines is 2. The summed E-state index contributed by atoms with van der Waals surface area (Å²) in [6.45, 7) is 9.52. The zero-order valence-electron chi connectivity index (χ0n) is 20.9. The van der Waals surface area contributed by atoms with Gasteiger partial charge in [-0.1, -0.05) is 6.07 Å². The smallest absolute Gasteiger partial charge is 0.412 e. The van der Waals surface area contributed by atoms with Crippen LogP contribution in [0.3, 0.4) is 0 Å². The van der Waals surface area contributed by atoms with E-state index in [2.05, 4.69) is 15.6 Å². The molecule has 0 saturated heterocycles. The normalized spacial score (nSPS) is 10.9. The van der Waals surface area contributed by atoms with Gasteiger partial charge in [0.1, 0.15) is 23.7 Å². The Kier molecular flexibility index (Phi) is 7.96. The van der Waals surface area contributed by atoms with Gasteiger partial charge in [0.15, 0.2) is 0 Å². The molecule has 3 rings (SSSR count). The summed E-state index contributed by atoms with van der Waals surface area (Å²) in [4.78, 5) is 29.3. The van der Waals surface area contributed by atoms with Gasteiger partial charge in [-0.15, -0.1) is 0 Å². The second-order valence-corrected chi connectivity index (χ2v) is 9.09. The molecule has 0 aliphatic carbocycles. The highest BCUT2D eigenvalue weighted by Gasteiger charge is 2.18. The van der Waals surface area contributed by atoms with E-state index in [0.29, 0.717) is 29.3 Å². The van der Waals surface area contributed by atoms with Gasteiger partial charge in [-0.2, -0.15) is 0 Å². The Labute approximate surface area is 205 Å². The Hall–Kier alpha value is -4.07. The molecule has 0 aliphatic rings. The third-order valence-electron chi connectivity index (χ3n) is 4.92. The number of benzene rings is 2. The molecule has 0 bridgehead atoms. The van der Waals surface area contributed by atoms with Crippen LogP contribution in [0, 0.1) is 13.8 Å². The first-order valence-electron chi connectivity index (χ1n) is 11.2. The van der Waals surface area contributed by atoms with Gasteiger partial charge in [0.25, 0.3) is 5.91 Å². The van der Waals surface area contributed by atoms with E-state index in [-0.39, 0.29) is 5.91 Å². The summed E-state index contributed by atoms with van der Waals surface area (Å²) < 4.78 is 16.6. The predicted molar refractivity (Wildman–Crippen MR) is 135 cm³/mol. The summed E-state index contributed by atoms with van der Waals surface area (Å²) in [6.07, 6.45) is 2.85. The maximum absolute atomic E-state index is 13.0. The molecule has 2 aromatic carbocycles. The summed E-state index contributed by atoms with van der Waals surface area (Å²) >= 11 is 0. The number of hydrogen-bond donors (Lipinski definition) is 2. The fraction of sp³-hybridized carbons (Fsp3) is 0.296. The zero-order valence-corrected chi connectivity index (χ0v) is 20.9. The van der Waals surface area contributed by atoms with Gasteiger partial charge >= 0.3 is 6.09 Å². The molecule has 0 fully saturated rings. The first kappa shape index (κ1) is 25.6. The Bertz CT molecular complexity index is 1180. The molecule has 3 aromatic rings. The first-order chi connectivity index (χ1) is 16.6. The highest BCUT2D eigenvalue weighted by atomic mass is 16.6. The molecule has 0 atom stereocenters. The van der Waals surface area contributed by atoms with E-state index in [1.54, 1.807) is 63.5 Å². The van der Waals surface area contributed by atoms with Crippen molar-refractivity contribution in [3.05, 3.63) is 77.1 Å². The third kappa shape index (κ3) is 7.20. The van der Waals surface area contributed by atoms with Crippen LogP contribution in [0.25, 0.3) is 0 Å². The molecule has 0 radical (unpaired) electrons. The van der Waals surface area contributed by atoms with Crippen molar-refractivity contribution in [1.29, 1.82) is 0 Å². The average Bonchev–Trinajstić information content (AvgIpc) is 2.78. The maximum Gasteiger partial charge on any atom is 0.412 e. The van der Waals surface area contributed by atoms with E-state index in [1.165, 1.54) is 7.11 Å². The lowest BCUT2D eigenvalue weighted by atomic mass is 10.0. The van der Waals surface area contributed by atoms with E-state index < -0.39 is 11.7 Å². The molecular formula is C27H31N3O5. The topological polar surface area (TPSA) is 98.8 Å². The molecule has 2 N–H and O–H groups in total. The van der Waals surface area contributed by atoms with E-state index in [0.717, 1.165) is 22.4 Å². The number of rotatable bonds is 7. The van der Waals surface area contributed by atoms with Crippen LogP contribution in [0.2, 0.25) is 0 Å². The molecule has 8 nitrogen and oxygen atoms in total. The average molecular weight is 478 g/mol. The summed E-state index contributed by atoms with van der Waals surface area (Å²) in [7, 11) is 1.50. The molecular weight excluding hydrogens is 446 g/mol. The van der Waals surface area contributed by atoms with Crippen molar-refractivity contribution >= 4 is 23.4 Å². The second kappa shape index (κ2) is 10.9. The zero-order chi connectivity index (χ0) is 25.6. The first-order valence-corrected chi connectivity index (χ1v) is 11.2. The number of hydrogen-bond acceptors (Lipinski definition) is 6. The standard InChI is InChI=1S/C27H31N3O5/c1-17-12-20(13-18(2)24(17)34-16-19-8-7-11-28-15-19)25(31)29-21-9-10-23(33-6)22(14-21)30-26(32)35-27(3,4)5/h7-15H,16H2,1-6H3,(H,29,31)(H,30,32). The summed E-state index contributed by atoms with van der Waals surface area (Å²) in [5.74, 6) is 0.887. The predicted octanol–water partition coefficient (Wildman–Crippen LogP) is 5.89. The number of ether oxygens (including phenoxy) is 3. The van der Waals surface area contributed by atoms with Crippen molar-refractivity contribution in [1.82, 2.24) is 4.98 Å². The van der Waals surface area contributed by atoms with E-state index in [9.17, 15) is 9.59 Å². The van der Waals surface area contributed by atoms with E-state index in [1.807, 2.05) is 26.0 Å². The quantitative estimate of drug-likeness (QED) is 0.441. The maximum atomic E-state index is 13.0. The number of carbonyl (C=O) groups is 2. The minimum Gasteiger partial charge on any atom is -0.495 e. The Morgan fingerprint density at radius 3 is 2.31 bits per heavy atom. The van der Waals surface area contributed by atoms with Crippen molar-refractivity contribution in [2.75, 3.05) is 17.7 Å². The molecule has 0 aliphatic heterocycles. The fourth-order valence-corrected chi connectivity index (χ4v) is 3.45. The van der Waals surface area contributed by atoms with Crippen LogP contribution >= 0.6 is 0 Å². The van der Waals surface area contributed by atoms with E-state index in [4.69, 9.17) is 14.2 Å². The van der Waals surface area contributed by atoms with Gasteiger partial charge in [0, 0.05) is 29.2 Å². The van der Waals surface area contributed by atoms with Crippen LogP contribution in [0.15, 0.2) is 54.9 Å². The highest BCUT2D eigenvalue weighted by Crippen LogP contribution is 2.30. The lowest BCUT2D eigenvalue weighted by Crippen LogP contribution is -2.27. The second-order valence-electron chi connectivity index (χ2n) is 9.09. The molecule has 1 aromatic heterocycles. The van der Waals surface area contributed by atoms with Crippen LogP contribution in [-0.4, -0.2) is 29.7 Å². The van der Waals surface area contributed by atoms with E-state index >= 15 is 0 Å². The Balaban J connectivity index is 1.73. The van der Waals surface area contributed by atoms with Gasteiger partial charge in [0.2, 0.25) is 0 Å². The van der Waals surface area contributed by atoms with Crippen molar-refractivity contribution < 1.29 is 23.8 Å². The molecule has 2 amide bonds. The minimum absolute atomic E-state index is 0.289. The number of aryl methyl sites for hydroxylation is 2. The van der Waals surface area contributed by atoms with Gasteiger partial charge < -0.3 is 19.5 Å². The molecule has 35 heavy (non-hydrogen) atoms. The number of nitrogens with one attached hydrogen (secondary N) is 2. The van der Waals surface area contributed by atoms with Crippen LogP contribution in [0.5, 0.6) is 11.5 Å². The molecule has 0 unspecified atom stereocenters. The Morgan fingerprint density at radius 2 is 1.71 bits per heavy atom. The third-order valence-corrected chi connectivity index (χ3v) is 4.92. The number of amides is 2. The molecule has 184 valence electrons. The number of carbonyl (C=O) groups excluding carboxylic acids is 2. The number of pyridine rings is 1. The number of aromatic nitrogens is 1. The largest absolute Gasteiger partial charge is 0.495 e. The Morgan fingerprint density at radius 1 is 1.00 bits per heavy atom. The monoisotopic (exact) mass is 477 g/mol. The summed E-state index contributed by atoms with van der Waals surface area (Å²) in [5, 5.41) is 5.53. The molecule has 0 spiro atoms. The number of methoxy groups -OCH3 is 1. The van der Waals surface area contributed by atoms with Crippen LogP contribution in [-0.2, 0) is 11.3 Å². The van der Waals surface area contributed by atoms with Crippen LogP contribution in [0.1, 0.15) is 47.8 Å².